The van der Waals surface area contributed by atoms with Gasteiger partial charge in [-0.05, 0) is 12.1 Å². The number of benzene rings is 1. The van der Waals surface area contributed by atoms with Gasteiger partial charge < -0.3 is 9.52 Å². The summed E-state index contributed by atoms with van der Waals surface area (Å²) in [6, 6.07) is 1.30. The summed E-state index contributed by atoms with van der Waals surface area (Å²) in [6.45, 7) is 0. The molecule has 0 bridgehead atoms. The van der Waals surface area contributed by atoms with E-state index in [2.05, 4.69) is 17.6 Å². The van der Waals surface area contributed by atoms with Gasteiger partial charge in [0.25, 0.3) is 0 Å². The molecule has 0 spiro atoms. The van der Waals surface area contributed by atoms with Gasteiger partial charge in [-0.25, -0.2) is 18.6 Å². The summed E-state index contributed by atoms with van der Waals surface area (Å²) in [4.78, 5) is 14.6. The average Bonchev–Trinajstić information content (AvgIpc) is 2.68. The number of hydrogen-bond donors (Lipinski definition) is 2. The Morgan fingerprint density at radius 2 is 2.00 bits per heavy atom. The normalized spacial score (nSPS) is 10.5. The number of carbonyl (C=O) groups is 1. The highest BCUT2D eigenvalue weighted by Crippen LogP contribution is 2.27. The highest BCUT2D eigenvalue weighted by atomic mass is 32.1. The van der Waals surface area contributed by atoms with Crippen LogP contribution in [0.4, 0.5) is 8.78 Å². The van der Waals surface area contributed by atoms with Crippen molar-refractivity contribution in [2.75, 3.05) is 0 Å². The van der Waals surface area contributed by atoms with Crippen molar-refractivity contribution in [2.24, 2.45) is 0 Å². The highest BCUT2D eigenvalue weighted by molar-refractivity contribution is 7.80. The standard InChI is InChI=1S/C10H5F2NO3S/c11-6-1-4(9-13-3-8(17)16-9)5(10(14)15)2-7(6)12/h1-3,17H,(H,14,15). The minimum Gasteiger partial charge on any atom is -0.478 e. The van der Waals surface area contributed by atoms with E-state index in [0.29, 0.717) is 6.07 Å². The second-order valence-electron chi connectivity index (χ2n) is 3.12. The summed E-state index contributed by atoms with van der Waals surface area (Å²) in [6.07, 6.45) is 1.23. The van der Waals surface area contributed by atoms with Crippen LogP contribution in [0.3, 0.4) is 0 Å². The quantitative estimate of drug-likeness (QED) is 0.812. The fourth-order valence-corrected chi connectivity index (χ4v) is 1.44. The first-order valence-electron chi connectivity index (χ1n) is 4.36. The van der Waals surface area contributed by atoms with Crippen molar-refractivity contribution < 1.29 is 23.1 Å². The predicted octanol–water partition coefficient (Wildman–Crippen LogP) is 2.61. The molecule has 0 amide bonds. The maximum atomic E-state index is 13.1. The summed E-state index contributed by atoms with van der Waals surface area (Å²) < 4.78 is 31.0. The van der Waals surface area contributed by atoms with Crippen LogP contribution < -0.4 is 0 Å². The monoisotopic (exact) mass is 257 g/mol. The van der Waals surface area contributed by atoms with Crippen molar-refractivity contribution in [3.8, 4) is 11.5 Å². The molecule has 2 rings (SSSR count). The van der Waals surface area contributed by atoms with E-state index >= 15 is 0 Å². The predicted molar refractivity (Wildman–Crippen MR) is 56.1 cm³/mol. The van der Waals surface area contributed by atoms with E-state index in [4.69, 9.17) is 9.52 Å². The summed E-state index contributed by atoms with van der Waals surface area (Å²) in [5.41, 5.74) is -0.573. The van der Waals surface area contributed by atoms with Crippen molar-refractivity contribution in [2.45, 2.75) is 5.09 Å². The molecular weight excluding hydrogens is 252 g/mol. The van der Waals surface area contributed by atoms with Gasteiger partial charge in [-0.3, -0.25) is 0 Å². The van der Waals surface area contributed by atoms with Gasteiger partial charge in [0, 0.05) is 0 Å². The summed E-state index contributed by atoms with van der Waals surface area (Å²) >= 11 is 3.84. The van der Waals surface area contributed by atoms with Gasteiger partial charge in [0.1, 0.15) is 0 Å². The Kier molecular flexibility index (Phi) is 2.84. The summed E-state index contributed by atoms with van der Waals surface area (Å²) in [5, 5.41) is 9.01. The third-order valence-electron chi connectivity index (χ3n) is 2.01. The van der Waals surface area contributed by atoms with Gasteiger partial charge in [-0.2, -0.15) is 0 Å². The molecule has 0 atom stereocenters. The number of carboxylic acid groups (broad SMARTS) is 1. The molecule has 17 heavy (non-hydrogen) atoms. The maximum Gasteiger partial charge on any atom is 0.336 e. The largest absolute Gasteiger partial charge is 0.478 e. The topological polar surface area (TPSA) is 63.3 Å². The lowest BCUT2D eigenvalue weighted by molar-refractivity contribution is 0.0696. The smallest absolute Gasteiger partial charge is 0.336 e. The second kappa shape index (κ2) is 4.17. The lowest BCUT2D eigenvalue weighted by Gasteiger charge is -2.03. The van der Waals surface area contributed by atoms with E-state index in [-0.39, 0.29) is 16.5 Å². The van der Waals surface area contributed by atoms with Crippen LogP contribution in [0.5, 0.6) is 0 Å². The number of thiol groups is 1. The second-order valence-corrected chi connectivity index (χ2v) is 3.56. The van der Waals surface area contributed by atoms with Crippen LogP contribution >= 0.6 is 12.6 Å². The molecule has 0 aliphatic heterocycles. The van der Waals surface area contributed by atoms with Crippen LogP contribution in [-0.4, -0.2) is 16.1 Å². The molecule has 2 aromatic rings. The van der Waals surface area contributed by atoms with Crippen molar-refractivity contribution in [1.82, 2.24) is 4.98 Å². The van der Waals surface area contributed by atoms with Crippen LogP contribution in [0.1, 0.15) is 10.4 Å². The molecule has 4 nitrogen and oxygen atoms in total. The summed E-state index contributed by atoms with van der Waals surface area (Å²) in [7, 11) is 0. The number of halogens is 2. The van der Waals surface area contributed by atoms with Crippen LogP contribution in [0.15, 0.2) is 27.8 Å². The van der Waals surface area contributed by atoms with Gasteiger partial charge in [-0.1, -0.05) is 0 Å². The zero-order valence-corrected chi connectivity index (χ0v) is 9.04. The van der Waals surface area contributed by atoms with Crippen LogP contribution in [0.2, 0.25) is 0 Å². The molecule has 88 valence electrons. The lowest BCUT2D eigenvalue weighted by atomic mass is 10.1. The first-order chi connectivity index (χ1) is 7.99. The van der Waals surface area contributed by atoms with E-state index < -0.39 is 23.2 Å². The zero-order chi connectivity index (χ0) is 12.6. The van der Waals surface area contributed by atoms with Gasteiger partial charge in [0.2, 0.25) is 5.89 Å². The Balaban J connectivity index is 2.67. The van der Waals surface area contributed by atoms with E-state index in [9.17, 15) is 13.6 Å². The third kappa shape index (κ3) is 2.14. The molecule has 0 aliphatic carbocycles. The Morgan fingerprint density at radius 3 is 2.53 bits per heavy atom. The molecule has 1 aromatic carbocycles. The van der Waals surface area contributed by atoms with Crippen LogP contribution in [0.25, 0.3) is 11.5 Å². The minimum atomic E-state index is -1.40. The van der Waals surface area contributed by atoms with Crippen molar-refractivity contribution >= 4 is 18.6 Å². The van der Waals surface area contributed by atoms with Crippen molar-refractivity contribution in [3.63, 3.8) is 0 Å². The van der Waals surface area contributed by atoms with Crippen molar-refractivity contribution in [1.29, 1.82) is 0 Å². The molecule has 0 saturated heterocycles. The van der Waals surface area contributed by atoms with Crippen molar-refractivity contribution in [3.05, 3.63) is 35.5 Å². The fraction of sp³-hybridized carbons (Fsp3) is 0. The molecule has 7 heteroatoms. The summed E-state index contributed by atoms with van der Waals surface area (Å²) in [5.74, 6) is -3.96. The third-order valence-corrected chi connectivity index (χ3v) is 2.22. The highest BCUT2D eigenvalue weighted by Gasteiger charge is 2.19. The van der Waals surface area contributed by atoms with Crippen LogP contribution in [-0.2, 0) is 0 Å². The molecule has 1 heterocycles. The number of aromatic carboxylic acids is 1. The first-order valence-corrected chi connectivity index (χ1v) is 4.81. The van der Waals surface area contributed by atoms with Gasteiger partial charge in [0.15, 0.2) is 16.7 Å². The molecule has 0 radical (unpaired) electrons. The Labute approximate surface area is 99.3 Å². The van der Waals surface area contributed by atoms with E-state index in [1.165, 1.54) is 6.20 Å². The van der Waals surface area contributed by atoms with Crippen LogP contribution in [0, 0.1) is 11.6 Å². The minimum absolute atomic E-state index is 0.133. The Hall–Kier alpha value is -1.89. The first kappa shape index (κ1) is 11.6. The van der Waals surface area contributed by atoms with E-state index in [1.54, 1.807) is 0 Å². The molecule has 0 unspecified atom stereocenters. The number of hydrogen-bond acceptors (Lipinski definition) is 4. The maximum absolute atomic E-state index is 13.1. The fourth-order valence-electron chi connectivity index (χ4n) is 1.29. The Bertz CT molecular complexity index is 597. The number of aromatic nitrogens is 1. The molecule has 1 N–H and O–H groups in total. The zero-order valence-electron chi connectivity index (χ0n) is 8.15. The lowest BCUT2D eigenvalue weighted by Crippen LogP contribution is -2.02. The van der Waals surface area contributed by atoms with Gasteiger partial charge >= 0.3 is 5.97 Å². The van der Waals surface area contributed by atoms with Gasteiger partial charge in [0.05, 0.1) is 17.3 Å². The number of nitrogens with zero attached hydrogens (tertiary/aromatic N) is 1. The van der Waals surface area contributed by atoms with Gasteiger partial charge in [-0.15, -0.1) is 12.6 Å². The SMILES string of the molecule is O=C(O)c1cc(F)c(F)cc1-c1ncc(S)o1. The number of carboxylic acids is 1. The van der Waals surface area contributed by atoms with E-state index in [1.807, 2.05) is 0 Å². The Morgan fingerprint density at radius 1 is 1.35 bits per heavy atom. The molecule has 0 saturated carbocycles. The number of rotatable bonds is 2. The molecule has 1 aromatic heterocycles. The average molecular weight is 257 g/mol. The number of oxazole rings is 1. The van der Waals surface area contributed by atoms with E-state index in [0.717, 1.165) is 6.07 Å². The molecular formula is C10H5F2NO3S. The molecule has 0 aliphatic rings. The molecule has 0 fully saturated rings.